The van der Waals surface area contributed by atoms with Gasteiger partial charge in [-0.2, -0.15) is 0 Å². The molecule has 2 heterocycles. The molecule has 0 aliphatic rings. The number of pyridine rings is 1. The Labute approximate surface area is 120 Å². The van der Waals surface area contributed by atoms with Gasteiger partial charge in [0.25, 0.3) is 0 Å². The van der Waals surface area contributed by atoms with E-state index in [0.717, 1.165) is 22.5 Å². The third-order valence-electron chi connectivity index (χ3n) is 3.20. The fraction of sp³-hybridized carbons (Fsp3) is 0.0667. The van der Waals surface area contributed by atoms with Crippen LogP contribution >= 0.6 is 12.2 Å². The van der Waals surface area contributed by atoms with Crippen LogP contribution in [0.15, 0.2) is 48.8 Å². The van der Waals surface area contributed by atoms with Crippen molar-refractivity contribution in [3.63, 3.8) is 0 Å². The first kappa shape index (κ1) is 12.7. The number of benzene rings is 1. The molecule has 0 saturated carbocycles. The van der Waals surface area contributed by atoms with Gasteiger partial charge < -0.3 is 9.55 Å². The Morgan fingerprint density at radius 3 is 2.35 bits per heavy atom. The third kappa shape index (κ3) is 2.16. The maximum Gasteiger partial charge on any atom is 0.177 e. The number of imidazole rings is 1. The van der Waals surface area contributed by atoms with Gasteiger partial charge in [-0.15, -0.1) is 0 Å². The van der Waals surface area contributed by atoms with Crippen LogP contribution in [-0.4, -0.2) is 14.5 Å². The average molecular weight is 285 g/mol. The number of H-pyrrole nitrogens is 1. The molecule has 1 aromatic carbocycles. The Morgan fingerprint density at radius 1 is 1.05 bits per heavy atom. The molecule has 0 radical (unpaired) electrons. The average Bonchev–Trinajstić information content (AvgIpc) is 2.77. The van der Waals surface area contributed by atoms with E-state index >= 15 is 0 Å². The van der Waals surface area contributed by atoms with E-state index in [2.05, 4.69) is 9.97 Å². The van der Waals surface area contributed by atoms with Crippen LogP contribution in [0.1, 0.15) is 0 Å². The van der Waals surface area contributed by atoms with Gasteiger partial charge in [0, 0.05) is 30.6 Å². The van der Waals surface area contributed by atoms with Gasteiger partial charge in [0.1, 0.15) is 5.82 Å². The second-order valence-electron chi connectivity index (χ2n) is 4.46. The largest absolute Gasteiger partial charge is 0.330 e. The van der Waals surface area contributed by atoms with Crippen molar-refractivity contribution in [2.24, 2.45) is 7.05 Å². The molecule has 3 rings (SSSR count). The summed E-state index contributed by atoms with van der Waals surface area (Å²) in [4.78, 5) is 7.22. The van der Waals surface area contributed by atoms with E-state index in [0.29, 0.717) is 4.77 Å². The molecule has 100 valence electrons. The highest BCUT2D eigenvalue weighted by molar-refractivity contribution is 7.71. The zero-order valence-corrected chi connectivity index (χ0v) is 11.6. The summed E-state index contributed by atoms with van der Waals surface area (Å²) in [6.45, 7) is 0. The van der Waals surface area contributed by atoms with E-state index in [1.165, 1.54) is 12.1 Å². The molecule has 2 aromatic heterocycles. The lowest BCUT2D eigenvalue weighted by Gasteiger charge is -2.07. The van der Waals surface area contributed by atoms with Crippen LogP contribution in [0.4, 0.5) is 4.39 Å². The summed E-state index contributed by atoms with van der Waals surface area (Å²) in [6, 6.07) is 10.2. The minimum absolute atomic E-state index is 0.254. The van der Waals surface area contributed by atoms with Gasteiger partial charge in [0.15, 0.2) is 4.77 Å². The highest BCUT2D eigenvalue weighted by atomic mass is 32.1. The summed E-state index contributed by atoms with van der Waals surface area (Å²) in [6.07, 6.45) is 3.46. The normalized spacial score (nSPS) is 10.7. The predicted octanol–water partition coefficient (Wildman–Crippen LogP) is 3.95. The van der Waals surface area contributed by atoms with Gasteiger partial charge in [-0.1, -0.05) is 0 Å². The third-order valence-corrected chi connectivity index (χ3v) is 3.57. The molecule has 0 saturated heterocycles. The molecule has 3 nitrogen and oxygen atoms in total. The quantitative estimate of drug-likeness (QED) is 0.723. The first-order chi connectivity index (χ1) is 9.66. The van der Waals surface area contributed by atoms with E-state index in [1.54, 1.807) is 24.5 Å². The van der Waals surface area contributed by atoms with E-state index < -0.39 is 0 Å². The first-order valence-electron chi connectivity index (χ1n) is 6.12. The molecule has 0 aliphatic heterocycles. The van der Waals surface area contributed by atoms with Crippen LogP contribution in [0, 0.1) is 10.6 Å². The Hall–Kier alpha value is -2.27. The topological polar surface area (TPSA) is 33.6 Å². The van der Waals surface area contributed by atoms with Crippen LogP contribution in [0.5, 0.6) is 0 Å². The molecule has 0 fully saturated rings. The van der Waals surface area contributed by atoms with Crippen molar-refractivity contribution in [2.75, 3.05) is 0 Å². The smallest absolute Gasteiger partial charge is 0.177 e. The number of halogens is 1. The number of hydrogen-bond acceptors (Lipinski definition) is 2. The van der Waals surface area contributed by atoms with Crippen molar-refractivity contribution in [3.8, 4) is 22.5 Å². The lowest BCUT2D eigenvalue weighted by atomic mass is 10.1. The molecule has 0 bridgehead atoms. The number of nitrogens with zero attached hydrogens (tertiary/aromatic N) is 2. The van der Waals surface area contributed by atoms with Gasteiger partial charge in [-0.05, 0) is 48.6 Å². The summed E-state index contributed by atoms with van der Waals surface area (Å²) >= 11 is 5.31. The number of aromatic nitrogens is 3. The fourth-order valence-electron chi connectivity index (χ4n) is 2.19. The van der Waals surface area contributed by atoms with E-state index in [1.807, 2.05) is 23.7 Å². The molecule has 0 amide bonds. The highest BCUT2D eigenvalue weighted by Gasteiger charge is 2.13. The van der Waals surface area contributed by atoms with Gasteiger partial charge in [-0.25, -0.2) is 4.39 Å². The van der Waals surface area contributed by atoms with Crippen LogP contribution in [-0.2, 0) is 7.05 Å². The van der Waals surface area contributed by atoms with Crippen LogP contribution in [0.3, 0.4) is 0 Å². The maximum absolute atomic E-state index is 13.1. The van der Waals surface area contributed by atoms with Gasteiger partial charge in [0.05, 0.1) is 11.4 Å². The van der Waals surface area contributed by atoms with Crippen molar-refractivity contribution in [1.82, 2.24) is 14.5 Å². The summed E-state index contributed by atoms with van der Waals surface area (Å²) in [5, 5.41) is 0. The standard InChI is InChI=1S/C15H12FN3S/c1-19-14(11-2-4-12(16)5-3-11)13(18-15(19)20)10-6-8-17-9-7-10/h2-9H,1H3,(H,18,20). The minimum atomic E-state index is -0.254. The second kappa shape index (κ2) is 5.02. The lowest BCUT2D eigenvalue weighted by Crippen LogP contribution is -1.93. The Morgan fingerprint density at radius 2 is 1.70 bits per heavy atom. The molecule has 5 heteroatoms. The van der Waals surface area contributed by atoms with Crippen molar-refractivity contribution >= 4 is 12.2 Å². The van der Waals surface area contributed by atoms with Crippen molar-refractivity contribution < 1.29 is 4.39 Å². The number of nitrogens with one attached hydrogen (secondary N) is 1. The van der Waals surface area contributed by atoms with Gasteiger partial charge in [0.2, 0.25) is 0 Å². The Bertz CT molecular complexity index is 788. The van der Waals surface area contributed by atoms with E-state index in [9.17, 15) is 4.39 Å². The molecule has 0 spiro atoms. The number of hydrogen-bond donors (Lipinski definition) is 1. The zero-order valence-electron chi connectivity index (χ0n) is 10.8. The fourth-order valence-corrected chi connectivity index (χ4v) is 2.39. The Kier molecular flexibility index (Phi) is 3.20. The lowest BCUT2D eigenvalue weighted by molar-refractivity contribution is 0.628. The molecule has 20 heavy (non-hydrogen) atoms. The SMILES string of the molecule is Cn1c(-c2ccc(F)cc2)c(-c2ccncc2)[nH]c1=S. The minimum Gasteiger partial charge on any atom is -0.330 e. The van der Waals surface area contributed by atoms with Crippen LogP contribution < -0.4 is 0 Å². The summed E-state index contributed by atoms with van der Waals surface area (Å²) < 4.78 is 15.6. The molecule has 0 unspecified atom stereocenters. The van der Waals surface area contributed by atoms with Gasteiger partial charge in [-0.3, -0.25) is 4.98 Å². The monoisotopic (exact) mass is 285 g/mol. The van der Waals surface area contributed by atoms with Crippen molar-refractivity contribution in [2.45, 2.75) is 0 Å². The van der Waals surface area contributed by atoms with Crippen LogP contribution in [0.2, 0.25) is 0 Å². The van der Waals surface area contributed by atoms with Gasteiger partial charge >= 0.3 is 0 Å². The molecule has 0 aliphatic carbocycles. The maximum atomic E-state index is 13.1. The predicted molar refractivity (Wildman–Crippen MR) is 79.2 cm³/mol. The number of aromatic amines is 1. The molecule has 3 aromatic rings. The van der Waals surface area contributed by atoms with Crippen molar-refractivity contribution in [1.29, 1.82) is 0 Å². The van der Waals surface area contributed by atoms with Crippen LogP contribution in [0.25, 0.3) is 22.5 Å². The second-order valence-corrected chi connectivity index (χ2v) is 4.84. The highest BCUT2D eigenvalue weighted by Crippen LogP contribution is 2.30. The number of rotatable bonds is 2. The van der Waals surface area contributed by atoms with E-state index in [4.69, 9.17) is 12.2 Å². The van der Waals surface area contributed by atoms with E-state index in [-0.39, 0.29) is 5.82 Å². The zero-order chi connectivity index (χ0) is 14.1. The molecule has 1 N–H and O–H groups in total. The summed E-state index contributed by atoms with van der Waals surface area (Å²) in [7, 11) is 1.89. The Balaban J connectivity index is 2.25. The molecular formula is C15H12FN3S. The first-order valence-corrected chi connectivity index (χ1v) is 6.53. The van der Waals surface area contributed by atoms with Crippen molar-refractivity contribution in [3.05, 3.63) is 59.4 Å². The summed E-state index contributed by atoms with van der Waals surface area (Å²) in [5.74, 6) is -0.254. The summed E-state index contributed by atoms with van der Waals surface area (Å²) in [5.41, 5.74) is 3.74. The molecule has 0 atom stereocenters. The molecular weight excluding hydrogens is 273 g/mol.